The van der Waals surface area contributed by atoms with Crippen molar-refractivity contribution in [2.75, 3.05) is 31.6 Å². The van der Waals surface area contributed by atoms with Crippen LogP contribution in [0.4, 0.5) is 19.7 Å². The Balaban J connectivity index is 1.71. The molecule has 514 valence electrons. The smallest absolute Gasteiger partial charge is 0.407 e. The molecule has 25 heteroatoms. The Labute approximate surface area is 537 Å². The van der Waals surface area contributed by atoms with Gasteiger partial charge in [0, 0.05) is 36.5 Å². The molecule has 1 aliphatic heterocycles. The molecule has 0 aliphatic carbocycles. The number of nitrogens with one attached hydrogen (secondary N) is 5. The number of hydrogen-bond donors (Lipinski definition) is 11. The largest absolute Gasteiger partial charge is 0.460 e. The molecular weight excluding hydrogens is 1180 g/mol. The second-order valence-electron chi connectivity index (χ2n) is 24.2. The minimum absolute atomic E-state index is 0.0829. The van der Waals surface area contributed by atoms with Crippen LogP contribution in [-0.2, 0) is 51.2 Å². The van der Waals surface area contributed by atoms with Crippen LogP contribution < -0.4 is 32.3 Å². The number of halogens is 1. The number of aliphatic hydroxyl groups excluding tert-OH is 5. The van der Waals surface area contributed by atoms with Gasteiger partial charge in [0.25, 0.3) is 0 Å². The zero-order valence-corrected chi connectivity index (χ0v) is 54.1. The second-order valence-corrected chi connectivity index (χ2v) is 24.2. The number of alkyl carbamates (subject to hydrolysis) is 1. The Morgan fingerprint density at radius 3 is 1.88 bits per heavy atom. The summed E-state index contributed by atoms with van der Waals surface area (Å²) in [5.74, 6) is -2.67. The van der Waals surface area contributed by atoms with Crippen molar-refractivity contribution in [3.05, 3.63) is 75.9 Å². The number of anilines is 1. The number of carbonyl (C=O) groups is 6. The predicted molar refractivity (Wildman–Crippen MR) is 343 cm³/mol. The third kappa shape index (κ3) is 34.3. The van der Waals surface area contributed by atoms with Gasteiger partial charge in [-0.2, -0.15) is 0 Å². The number of unbranched alkanes of at least 4 members (excludes halogenated alkanes) is 20. The molecule has 2 aromatic carbocycles. The summed E-state index contributed by atoms with van der Waals surface area (Å²) in [5, 5.41) is 70.6. The minimum atomic E-state index is -1.80. The summed E-state index contributed by atoms with van der Waals surface area (Å²) in [4.78, 5) is 81.7. The Morgan fingerprint density at radius 2 is 1.27 bits per heavy atom. The number of aryl methyl sites for hydroxylation is 1. The zero-order chi connectivity index (χ0) is 66.6. The van der Waals surface area contributed by atoms with E-state index in [2.05, 4.69) is 43.5 Å². The fourth-order valence-corrected chi connectivity index (χ4v) is 10.7. The van der Waals surface area contributed by atoms with E-state index < -0.39 is 104 Å². The van der Waals surface area contributed by atoms with Gasteiger partial charge in [0.05, 0.1) is 19.3 Å². The highest BCUT2D eigenvalue weighted by molar-refractivity contribution is 5.98. The maximum absolute atomic E-state index is 13.8. The molecule has 0 radical (unpaired) electrons. The minimum Gasteiger partial charge on any atom is -0.460 e. The third-order valence-corrected chi connectivity index (χ3v) is 16.2. The van der Waals surface area contributed by atoms with E-state index in [1.54, 1.807) is 38.1 Å². The molecule has 10 atom stereocenters. The molecule has 12 N–H and O–H groups in total. The molecule has 2 unspecified atom stereocenters. The van der Waals surface area contributed by atoms with Crippen molar-refractivity contribution in [3.8, 4) is 0 Å². The first kappa shape index (κ1) is 79.1. The Kier molecular flexibility index (Phi) is 41.4. The third-order valence-electron chi connectivity index (χ3n) is 16.2. The Bertz CT molecular complexity index is 2410. The van der Waals surface area contributed by atoms with Gasteiger partial charge in [-0.25, -0.2) is 14.0 Å². The van der Waals surface area contributed by atoms with E-state index >= 15 is 0 Å². The monoisotopic (exact) mass is 1290 g/mol. The van der Waals surface area contributed by atoms with Gasteiger partial charge in [-0.15, -0.1) is 0 Å². The number of esters is 1. The maximum Gasteiger partial charge on any atom is 0.407 e. The standard InChI is InChI=1S/C66H108FN9O15/c1-4-5-6-7-8-9-10-11-12-16-19-23-30-53(90-56(79)32-25-20-17-14-13-15-18-22-28-47-33-37-49(67)38-34-47)58(80)52(45-88-64-61(83)60(82)59(81)54(43-77)91-64)74-66(87)89-44-48-35-39-50(40-36-48)72-62(84)51(29-27-41-70-65(68)86)73-63(85)57(46(2)3)75-55(78)31-24-21-26-42-71-76-69/h33-40,46,51-54,57-61,64,77,80-83H,4-32,41-45H2,1-3H3,(H,72,84)(H,73,85)(H,74,87)(H,75,78)(H3,68,70,86)/t51-,52-,53+,54?,57-,58-,59-,60-,61?,64-/m0/s1. The highest BCUT2D eigenvalue weighted by Crippen LogP contribution is 2.25. The fourth-order valence-electron chi connectivity index (χ4n) is 10.7. The van der Waals surface area contributed by atoms with Crippen molar-refractivity contribution in [1.29, 1.82) is 0 Å². The second kappa shape index (κ2) is 47.7. The molecule has 1 fully saturated rings. The number of hydrogen-bond acceptors (Lipinski definition) is 16. The molecule has 0 aromatic heterocycles. The molecule has 3 rings (SSSR count). The molecule has 91 heavy (non-hydrogen) atoms. The molecule has 0 saturated carbocycles. The Morgan fingerprint density at radius 1 is 0.692 bits per heavy atom. The topological polar surface area (TPSA) is 375 Å². The molecule has 0 bridgehead atoms. The molecule has 1 heterocycles. The quantitative estimate of drug-likeness (QED) is 0.00966. The highest BCUT2D eigenvalue weighted by atomic mass is 19.1. The number of primary amides is 1. The highest BCUT2D eigenvalue weighted by Gasteiger charge is 2.45. The van der Waals surface area contributed by atoms with Gasteiger partial charge in [-0.1, -0.05) is 166 Å². The van der Waals surface area contributed by atoms with Crippen LogP contribution in [0.25, 0.3) is 10.4 Å². The van der Waals surface area contributed by atoms with Crippen LogP contribution >= 0.6 is 0 Å². The lowest BCUT2D eigenvalue weighted by atomic mass is 9.98. The summed E-state index contributed by atoms with van der Waals surface area (Å²) in [7, 11) is 0. The molecule has 24 nitrogen and oxygen atoms in total. The van der Waals surface area contributed by atoms with Gasteiger partial charge in [-0.3, -0.25) is 19.2 Å². The zero-order valence-electron chi connectivity index (χ0n) is 54.1. The van der Waals surface area contributed by atoms with Gasteiger partial charge in [-0.05, 0) is 105 Å². The lowest BCUT2D eigenvalue weighted by Gasteiger charge is -2.40. The van der Waals surface area contributed by atoms with Gasteiger partial charge in [0.15, 0.2) is 6.29 Å². The van der Waals surface area contributed by atoms with Crippen molar-refractivity contribution < 1.29 is 77.6 Å². The fraction of sp³-hybridized carbons (Fsp3) is 0.727. The molecule has 1 saturated heterocycles. The van der Waals surface area contributed by atoms with Crippen LogP contribution in [0.5, 0.6) is 0 Å². The van der Waals surface area contributed by atoms with E-state index in [-0.39, 0.29) is 62.9 Å². The van der Waals surface area contributed by atoms with Crippen LogP contribution in [0.1, 0.15) is 212 Å². The predicted octanol–water partition coefficient (Wildman–Crippen LogP) is 9.24. The van der Waals surface area contributed by atoms with E-state index in [0.29, 0.717) is 49.9 Å². The molecule has 6 amide bonds. The molecule has 0 spiro atoms. The lowest BCUT2D eigenvalue weighted by molar-refractivity contribution is -0.303. The van der Waals surface area contributed by atoms with Gasteiger partial charge in [0.1, 0.15) is 61.1 Å². The summed E-state index contributed by atoms with van der Waals surface area (Å²) in [6.07, 6.45) is 12.1. The molecule has 1 aliphatic rings. The lowest BCUT2D eigenvalue weighted by Crippen LogP contribution is -2.60. The van der Waals surface area contributed by atoms with Crippen LogP contribution in [0.15, 0.2) is 53.6 Å². The molecular formula is C66H108FN9O15. The summed E-state index contributed by atoms with van der Waals surface area (Å²) in [5.41, 5.74) is 15.6. The first-order valence-corrected chi connectivity index (χ1v) is 33.4. The van der Waals surface area contributed by atoms with Crippen molar-refractivity contribution in [2.24, 2.45) is 16.8 Å². The number of benzene rings is 2. The van der Waals surface area contributed by atoms with Gasteiger partial charge in [0.2, 0.25) is 17.7 Å². The first-order chi connectivity index (χ1) is 43.9. The average Bonchev–Trinajstić information content (AvgIpc) is 1.23. The van der Waals surface area contributed by atoms with Gasteiger partial charge >= 0.3 is 18.1 Å². The van der Waals surface area contributed by atoms with Crippen molar-refractivity contribution >= 4 is 41.5 Å². The number of aliphatic hydroxyl groups is 5. The van der Waals surface area contributed by atoms with Crippen molar-refractivity contribution in [3.63, 3.8) is 0 Å². The van der Waals surface area contributed by atoms with Crippen LogP contribution in [0.3, 0.4) is 0 Å². The van der Waals surface area contributed by atoms with E-state index in [0.717, 1.165) is 89.0 Å². The number of amides is 6. The molecule has 2 aromatic rings. The summed E-state index contributed by atoms with van der Waals surface area (Å²) in [6, 6.07) is 8.62. The van der Waals surface area contributed by atoms with Crippen molar-refractivity contribution in [2.45, 2.75) is 275 Å². The number of ether oxygens (including phenoxy) is 4. The number of urea groups is 1. The SMILES string of the molecule is CCCCCCCCCCCCCC[C@@H](OC(=O)CCCCCCCCCCc1ccc(F)cc1)[C@@H](O)[C@H](CO[C@H]1OC(CO)[C@H](O)[C@H](O)C1O)NC(=O)OCc1ccc(NC(=O)[C@H](CCCNC(N)=O)NC(=O)[C@@H](NC(=O)CCCCCN=[N+]=[N-])C(C)C)cc1. The normalized spacial score (nSPS) is 18.0. The first-order valence-electron chi connectivity index (χ1n) is 33.4. The van der Waals surface area contributed by atoms with E-state index in [1.165, 1.54) is 50.7 Å². The van der Waals surface area contributed by atoms with E-state index in [9.17, 15) is 58.7 Å². The van der Waals surface area contributed by atoms with Crippen molar-refractivity contribution in [1.82, 2.24) is 21.3 Å². The maximum atomic E-state index is 13.8. The number of rotatable bonds is 50. The summed E-state index contributed by atoms with van der Waals surface area (Å²) >= 11 is 0. The van der Waals surface area contributed by atoms with Crippen LogP contribution in [0, 0.1) is 11.7 Å². The van der Waals surface area contributed by atoms with E-state index in [4.69, 9.17) is 30.2 Å². The Hall–Kier alpha value is -6.18. The van der Waals surface area contributed by atoms with Crippen LogP contribution in [-0.4, -0.2) is 149 Å². The summed E-state index contributed by atoms with van der Waals surface area (Å²) < 4.78 is 36.3. The number of carbonyl (C=O) groups excluding carboxylic acids is 6. The number of nitrogens with two attached hydrogens (primary N) is 1. The van der Waals surface area contributed by atoms with E-state index in [1.807, 2.05) is 12.1 Å². The van der Waals surface area contributed by atoms with Gasteiger partial charge < -0.3 is 76.8 Å². The number of azide groups is 1. The summed E-state index contributed by atoms with van der Waals surface area (Å²) in [6.45, 7) is 4.52. The van der Waals surface area contributed by atoms with Crippen LogP contribution in [0.2, 0.25) is 0 Å². The average molecular weight is 1290 g/mol. The number of nitrogens with zero attached hydrogens (tertiary/aromatic N) is 3.